The third-order valence-electron chi connectivity index (χ3n) is 3.85. The molecule has 2 fully saturated rings. The van der Waals surface area contributed by atoms with Gasteiger partial charge in [-0.05, 0) is 38.8 Å². The van der Waals surface area contributed by atoms with Crippen LogP contribution in [-0.2, 0) is 21.5 Å². The van der Waals surface area contributed by atoms with Gasteiger partial charge < -0.3 is 9.15 Å². The van der Waals surface area contributed by atoms with Gasteiger partial charge in [-0.2, -0.15) is 17.0 Å². The molecule has 0 aromatic carbocycles. The molecular formula is C14H22N2O4S. The van der Waals surface area contributed by atoms with Crippen LogP contribution in [0.25, 0.3) is 0 Å². The molecule has 2 aliphatic rings. The van der Waals surface area contributed by atoms with E-state index >= 15 is 0 Å². The quantitative estimate of drug-likeness (QED) is 0.828. The van der Waals surface area contributed by atoms with E-state index in [1.165, 1.54) is 0 Å². The largest absolute Gasteiger partial charge is 0.468 e. The number of rotatable bonds is 5. The van der Waals surface area contributed by atoms with Crippen LogP contribution in [-0.4, -0.2) is 48.4 Å². The molecule has 3 rings (SSSR count). The molecule has 2 atom stereocenters. The highest BCUT2D eigenvalue weighted by molar-refractivity contribution is 7.86. The maximum absolute atomic E-state index is 12.9. The Balaban J connectivity index is 1.80. The molecule has 1 aromatic heterocycles. The van der Waals surface area contributed by atoms with Crippen LogP contribution in [0.5, 0.6) is 0 Å². The van der Waals surface area contributed by atoms with Gasteiger partial charge in [-0.15, -0.1) is 0 Å². The Hall–Kier alpha value is -0.890. The SMILES string of the molecule is C[C@H]1CN(S(=O)(=O)N(Cc2ccco2)C2CC2)C[C@H](C)O1. The van der Waals surface area contributed by atoms with Crippen molar-refractivity contribution >= 4 is 10.2 Å². The molecule has 1 aliphatic heterocycles. The Morgan fingerprint density at radius 3 is 2.48 bits per heavy atom. The lowest BCUT2D eigenvalue weighted by molar-refractivity contribution is -0.0456. The molecule has 1 saturated heterocycles. The molecule has 1 aliphatic carbocycles. The normalized spacial score (nSPS) is 28.1. The zero-order valence-electron chi connectivity index (χ0n) is 12.4. The molecule has 6 nitrogen and oxygen atoms in total. The molecule has 1 saturated carbocycles. The summed E-state index contributed by atoms with van der Waals surface area (Å²) in [6.45, 7) is 4.95. The van der Waals surface area contributed by atoms with Gasteiger partial charge in [0.25, 0.3) is 10.2 Å². The van der Waals surface area contributed by atoms with Crippen molar-refractivity contribution in [3.63, 3.8) is 0 Å². The topological polar surface area (TPSA) is 63.0 Å². The van der Waals surface area contributed by atoms with Crippen LogP contribution in [0.1, 0.15) is 32.4 Å². The number of hydrogen-bond donors (Lipinski definition) is 0. The maximum Gasteiger partial charge on any atom is 0.282 e. The van der Waals surface area contributed by atoms with Crippen LogP contribution < -0.4 is 0 Å². The van der Waals surface area contributed by atoms with E-state index in [0.29, 0.717) is 25.4 Å². The van der Waals surface area contributed by atoms with Crippen LogP contribution in [0.4, 0.5) is 0 Å². The third-order valence-corrected chi connectivity index (χ3v) is 5.83. The maximum atomic E-state index is 12.9. The summed E-state index contributed by atoms with van der Waals surface area (Å²) in [5.41, 5.74) is 0. The lowest BCUT2D eigenvalue weighted by atomic mass is 10.3. The molecule has 0 spiro atoms. The van der Waals surface area contributed by atoms with Gasteiger partial charge in [0, 0.05) is 19.1 Å². The highest BCUT2D eigenvalue weighted by Gasteiger charge is 2.42. The van der Waals surface area contributed by atoms with Crippen molar-refractivity contribution in [2.45, 2.75) is 51.5 Å². The van der Waals surface area contributed by atoms with Crippen LogP contribution >= 0.6 is 0 Å². The Morgan fingerprint density at radius 1 is 1.29 bits per heavy atom. The highest BCUT2D eigenvalue weighted by atomic mass is 32.2. The number of morpholine rings is 1. The molecule has 0 amide bonds. The summed E-state index contributed by atoms with van der Waals surface area (Å²) < 4.78 is 40.0. The fourth-order valence-electron chi connectivity index (χ4n) is 2.79. The van der Waals surface area contributed by atoms with Crippen molar-refractivity contribution in [2.75, 3.05) is 13.1 Å². The summed E-state index contributed by atoms with van der Waals surface area (Å²) in [7, 11) is -3.48. The van der Waals surface area contributed by atoms with E-state index in [0.717, 1.165) is 12.8 Å². The van der Waals surface area contributed by atoms with Gasteiger partial charge >= 0.3 is 0 Å². The summed E-state index contributed by atoms with van der Waals surface area (Å²) in [5, 5.41) is 0. The minimum absolute atomic E-state index is 0.0757. The van der Waals surface area contributed by atoms with Gasteiger partial charge in [0.1, 0.15) is 5.76 Å². The van der Waals surface area contributed by atoms with E-state index in [1.807, 2.05) is 19.9 Å². The van der Waals surface area contributed by atoms with Crippen molar-refractivity contribution in [1.29, 1.82) is 0 Å². The molecule has 21 heavy (non-hydrogen) atoms. The first-order valence-electron chi connectivity index (χ1n) is 7.41. The molecule has 0 N–H and O–H groups in total. The number of ether oxygens (including phenoxy) is 1. The molecule has 1 aromatic rings. The van der Waals surface area contributed by atoms with Crippen LogP contribution in [0, 0.1) is 0 Å². The molecule has 0 radical (unpaired) electrons. The standard InChI is InChI=1S/C14H22N2O4S/c1-11-8-15(9-12(2)20-11)21(17,18)16(13-5-6-13)10-14-4-3-7-19-14/h3-4,7,11-13H,5-6,8-10H2,1-2H3/t11-,12-/m0/s1. The first kappa shape index (κ1) is 15.0. The minimum Gasteiger partial charge on any atom is -0.468 e. The van der Waals surface area contributed by atoms with E-state index in [9.17, 15) is 8.42 Å². The van der Waals surface area contributed by atoms with Crippen LogP contribution in [0.15, 0.2) is 22.8 Å². The summed E-state index contributed by atoms with van der Waals surface area (Å²) in [5.74, 6) is 0.680. The minimum atomic E-state index is -3.48. The van der Waals surface area contributed by atoms with Gasteiger partial charge in [0.2, 0.25) is 0 Å². The highest BCUT2D eigenvalue weighted by Crippen LogP contribution is 2.33. The first-order valence-corrected chi connectivity index (χ1v) is 8.81. The molecule has 118 valence electrons. The summed E-state index contributed by atoms with van der Waals surface area (Å²) >= 11 is 0. The number of furan rings is 1. The van der Waals surface area contributed by atoms with E-state index in [1.54, 1.807) is 20.9 Å². The Bertz CT molecular complexity index is 558. The van der Waals surface area contributed by atoms with E-state index in [2.05, 4.69) is 0 Å². The smallest absolute Gasteiger partial charge is 0.282 e. The van der Waals surface area contributed by atoms with Crippen LogP contribution in [0.3, 0.4) is 0 Å². The second kappa shape index (κ2) is 5.72. The zero-order chi connectivity index (χ0) is 15.0. The number of hydrogen-bond acceptors (Lipinski definition) is 4. The lowest BCUT2D eigenvalue weighted by Crippen LogP contribution is -2.53. The summed E-state index contributed by atoms with van der Waals surface area (Å²) in [6.07, 6.45) is 3.28. The summed E-state index contributed by atoms with van der Waals surface area (Å²) in [4.78, 5) is 0. The lowest BCUT2D eigenvalue weighted by Gasteiger charge is -2.37. The molecule has 0 bridgehead atoms. The molecular weight excluding hydrogens is 292 g/mol. The van der Waals surface area contributed by atoms with Gasteiger partial charge in [-0.1, -0.05) is 0 Å². The van der Waals surface area contributed by atoms with Crippen molar-refractivity contribution in [1.82, 2.24) is 8.61 Å². The fraction of sp³-hybridized carbons (Fsp3) is 0.714. The van der Waals surface area contributed by atoms with E-state index in [-0.39, 0.29) is 18.2 Å². The van der Waals surface area contributed by atoms with Crippen molar-refractivity contribution in [3.8, 4) is 0 Å². The predicted octanol–water partition coefficient (Wildman–Crippen LogP) is 1.60. The first-order chi connectivity index (χ1) is 9.96. The van der Waals surface area contributed by atoms with Crippen molar-refractivity contribution in [3.05, 3.63) is 24.2 Å². The van der Waals surface area contributed by atoms with Crippen LogP contribution in [0.2, 0.25) is 0 Å². The Morgan fingerprint density at radius 2 is 1.95 bits per heavy atom. The fourth-order valence-corrected chi connectivity index (χ4v) is 4.76. The summed E-state index contributed by atoms with van der Waals surface area (Å²) in [6, 6.07) is 3.70. The van der Waals surface area contributed by atoms with Gasteiger partial charge in [-0.3, -0.25) is 0 Å². The molecule has 0 unspecified atom stereocenters. The number of nitrogens with zero attached hydrogens (tertiary/aromatic N) is 2. The second-order valence-electron chi connectivity index (χ2n) is 5.94. The average Bonchev–Trinajstić information content (AvgIpc) is 3.11. The van der Waals surface area contributed by atoms with E-state index < -0.39 is 10.2 Å². The van der Waals surface area contributed by atoms with Crippen molar-refractivity contribution in [2.24, 2.45) is 0 Å². The van der Waals surface area contributed by atoms with Crippen molar-refractivity contribution < 1.29 is 17.6 Å². The third kappa shape index (κ3) is 3.31. The van der Waals surface area contributed by atoms with Gasteiger partial charge in [-0.25, -0.2) is 0 Å². The predicted molar refractivity (Wildman–Crippen MR) is 77.8 cm³/mol. The molecule has 2 heterocycles. The zero-order valence-corrected chi connectivity index (χ0v) is 13.3. The van der Waals surface area contributed by atoms with Gasteiger partial charge in [0.15, 0.2) is 0 Å². The Kier molecular flexibility index (Phi) is 4.09. The molecule has 7 heteroatoms. The average molecular weight is 314 g/mol. The Labute approximate surface area is 125 Å². The van der Waals surface area contributed by atoms with E-state index in [4.69, 9.17) is 9.15 Å². The second-order valence-corrected chi connectivity index (χ2v) is 7.82. The van der Waals surface area contributed by atoms with Gasteiger partial charge in [0.05, 0.1) is 25.0 Å². The monoisotopic (exact) mass is 314 g/mol.